The van der Waals surface area contributed by atoms with E-state index < -0.39 is 24.4 Å². The third kappa shape index (κ3) is 2.12. The molecule has 0 aromatic carbocycles. The van der Waals surface area contributed by atoms with E-state index in [4.69, 9.17) is 0 Å². The maximum atomic E-state index is 11.6. The van der Waals surface area contributed by atoms with Crippen molar-refractivity contribution in [2.45, 2.75) is 12.3 Å². The van der Waals surface area contributed by atoms with Gasteiger partial charge in [-0.05, 0) is 0 Å². The number of rotatable bonds is 2. The molecule has 58 valence electrons. The molecule has 0 aromatic heterocycles. The third-order valence-corrected chi connectivity index (χ3v) is 0.649. The first-order valence-electron chi connectivity index (χ1n) is 2.10. The van der Waals surface area contributed by atoms with E-state index in [0.29, 0.717) is 0 Å². The van der Waals surface area contributed by atoms with Crippen LogP contribution in [-0.4, -0.2) is 24.4 Å². The molecular weight excluding hydrogens is 156 g/mol. The summed E-state index contributed by atoms with van der Waals surface area (Å²) in [6, 6.07) is 0. The Morgan fingerprint density at radius 3 is 1.90 bits per heavy atom. The fourth-order valence-electron chi connectivity index (χ4n) is 0.218. The normalized spacial score (nSPS) is 14.4. The molecule has 0 heterocycles. The van der Waals surface area contributed by atoms with Gasteiger partial charge < -0.3 is 0 Å². The van der Waals surface area contributed by atoms with E-state index in [-0.39, 0.29) is 0 Å². The fourth-order valence-corrected chi connectivity index (χ4v) is 0.218. The molecule has 0 saturated carbocycles. The van der Waals surface area contributed by atoms with Crippen molar-refractivity contribution >= 4 is 12.1 Å². The molecule has 1 atom stereocenters. The van der Waals surface area contributed by atoms with Gasteiger partial charge in [0.2, 0.25) is 6.17 Å². The molecule has 2 nitrogen and oxygen atoms in total. The number of carbonyl (C=O) groups excluding carboxylic acids is 2. The molecule has 0 aromatic rings. The number of hydrogen-bond donors (Lipinski definition) is 0. The Morgan fingerprint density at radius 1 is 1.40 bits per heavy atom. The van der Waals surface area contributed by atoms with Crippen LogP contribution < -0.4 is 0 Å². The molecule has 0 radical (unpaired) electrons. The van der Waals surface area contributed by atoms with Crippen molar-refractivity contribution in [1.29, 1.82) is 0 Å². The molecule has 0 aliphatic rings. The molecular formula is C4H2F4O2. The Kier molecular flexibility index (Phi) is 2.50. The highest BCUT2D eigenvalue weighted by Gasteiger charge is 2.43. The monoisotopic (exact) mass is 158 g/mol. The van der Waals surface area contributed by atoms with Crippen molar-refractivity contribution in [3.8, 4) is 0 Å². The van der Waals surface area contributed by atoms with E-state index in [0.717, 1.165) is 0 Å². The summed E-state index contributed by atoms with van der Waals surface area (Å²) in [5, 5.41) is 0. The van der Waals surface area contributed by atoms with Crippen LogP contribution in [0.5, 0.6) is 0 Å². The largest absolute Gasteiger partial charge is 0.453 e. The van der Waals surface area contributed by atoms with Crippen molar-refractivity contribution in [2.24, 2.45) is 0 Å². The lowest BCUT2D eigenvalue weighted by Crippen LogP contribution is -2.32. The topological polar surface area (TPSA) is 34.1 Å². The number of halogens is 4. The average molecular weight is 158 g/mol. The number of hydrogen-bond acceptors (Lipinski definition) is 2. The summed E-state index contributed by atoms with van der Waals surface area (Å²) in [5.74, 6) is -2.66. The van der Waals surface area contributed by atoms with Gasteiger partial charge in [0.25, 0.3) is 5.78 Å². The van der Waals surface area contributed by atoms with Crippen LogP contribution in [0.15, 0.2) is 0 Å². The predicted octanol–water partition coefficient (Wildman–Crippen LogP) is 0.655. The minimum atomic E-state index is -5.26. The maximum Gasteiger partial charge on any atom is 0.453 e. The third-order valence-electron chi connectivity index (χ3n) is 0.649. The van der Waals surface area contributed by atoms with Gasteiger partial charge in [-0.1, -0.05) is 0 Å². The summed E-state index contributed by atoms with van der Waals surface area (Å²) in [6.07, 6.45) is -9.05. The van der Waals surface area contributed by atoms with Gasteiger partial charge in [-0.15, -0.1) is 0 Å². The van der Waals surface area contributed by atoms with Gasteiger partial charge in [-0.3, -0.25) is 9.59 Å². The Balaban J connectivity index is 4.22. The Hall–Kier alpha value is -0.940. The van der Waals surface area contributed by atoms with Crippen molar-refractivity contribution in [2.75, 3.05) is 0 Å². The molecule has 0 aliphatic carbocycles. The predicted molar refractivity (Wildman–Crippen MR) is 22.0 cm³/mol. The van der Waals surface area contributed by atoms with E-state index in [9.17, 15) is 27.2 Å². The standard InChI is InChI=1S/C4H2F4O2/c5-2(1-9)3(10)4(6,7)8/h1-2H. The van der Waals surface area contributed by atoms with Crippen LogP contribution in [0, 0.1) is 0 Å². The van der Waals surface area contributed by atoms with Crippen LogP contribution in [0.2, 0.25) is 0 Å². The molecule has 10 heavy (non-hydrogen) atoms. The van der Waals surface area contributed by atoms with Crippen LogP contribution in [0.3, 0.4) is 0 Å². The van der Waals surface area contributed by atoms with Crippen LogP contribution in [0.4, 0.5) is 17.6 Å². The van der Waals surface area contributed by atoms with Gasteiger partial charge in [0.1, 0.15) is 0 Å². The molecule has 0 rings (SSSR count). The number of ketones is 1. The SMILES string of the molecule is O=CC(F)C(=O)C(F)(F)F. The molecule has 0 N–H and O–H groups in total. The van der Waals surface area contributed by atoms with Gasteiger partial charge in [0.15, 0.2) is 6.29 Å². The summed E-state index contributed by atoms with van der Waals surface area (Å²) < 4.78 is 45.0. The van der Waals surface area contributed by atoms with Gasteiger partial charge in [0, 0.05) is 0 Å². The highest BCUT2D eigenvalue weighted by molar-refractivity contribution is 5.99. The smallest absolute Gasteiger partial charge is 0.300 e. The van der Waals surface area contributed by atoms with E-state index in [2.05, 4.69) is 0 Å². The van der Waals surface area contributed by atoms with Crippen LogP contribution in [0.25, 0.3) is 0 Å². The van der Waals surface area contributed by atoms with E-state index in [1.165, 1.54) is 0 Å². The quantitative estimate of drug-likeness (QED) is 0.336. The molecule has 1 unspecified atom stereocenters. The Labute approximate surface area is 52.8 Å². The molecule has 6 heteroatoms. The summed E-state index contributed by atoms with van der Waals surface area (Å²) in [5.41, 5.74) is 0. The van der Waals surface area contributed by atoms with Crippen molar-refractivity contribution < 1.29 is 27.2 Å². The second-order valence-corrected chi connectivity index (χ2v) is 1.40. The van der Waals surface area contributed by atoms with Crippen LogP contribution in [0.1, 0.15) is 0 Å². The first kappa shape index (κ1) is 9.06. The minimum Gasteiger partial charge on any atom is -0.300 e. The fraction of sp³-hybridized carbons (Fsp3) is 0.500. The van der Waals surface area contributed by atoms with Crippen molar-refractivity contribution in [1.82, 2.24) is 0 Å². The van der Waals surface area contributed by atoms with E-state index >= 15 is 0 Å². The highest BCUT2D eigenvalue weighted by atomic mass is 19.4. The molecule has 0 spiro atoms. The Morgan fingerprint density at radius 2 is 1.80 bits per heavy atom. The van der Waals surface area contributed by atoms with E-state index in [1.54, 1.807) is 0 Å². The zero-order valence-electron chi connectivity index (χ0n) is 4.48. The molecule has 0 bridgehead atoms. The van der Waals surface area contributed by atoms with Gasteiger partial charge in [-0.25, -0.2) is 4.39 Å². The minimum absolute atomic E-state index is 0.699. The lowest BCUT2D eigenvalue weighted by Gasteiger charge is -2.02. The molecule has 0 amide bonds. The summed E-state index contributed by atoms with van der Waals surface area (Å²) in [6.45, 7) is 0. The van der Waals surface area contributed by atoms with Gasteiger partial charge in [0.05, 0.1) is 0 Å². The molecule has 0 aliphatic heterocycles. The van der Waals surface area contributed by atoms with Crippen LogP contribution in [-0.2, 0) is 9.59 Å². The zero-order chi connectivity index (χ0) is 8.36. The summed E-state index contributed by atoms with van der Waals surface area (Å²) >= 11 is 0. The van der Waals surface area contributed by atoms with Crippen LogP contribution >= 0.6 is 0 Å². The number of Topliss-reactive ketones (excluding diaryl/α,β-unsaturated/α-hetero) is 1. The molecule has 0 saturated heterocycles. The number of carbonyl (C=O) groups is 2. The van der Waals surface area contributed by atoms with E-state index in [1.807, 2.05) is 0 Å². The first-order chi connectivity index (χ1) is 4.39. The lowest BCUT2D eigenvalue weighted by molar-refractivity contribution is -0.176. The summed E-state index contributed by atoms with van der Waals surface area (Å²) in [4.78, 5) is 19.0. The zero-order valence-corrected chi connectivity index (χ0v) is 4.48. The number of alkyl halides is 4. The van der Waals surface area contributed by atoms with Crippen molar-refractivity contribution in [3.63, 3.8) is 0 Å². The molecule has 0 fully saturated rings. The number of aldehydes is 1. The van der Waals surface area contributed by atoms with Crippen molar-refractivity contribution in [3.05, 3.63) is 0 Å². The Bertz CT molecular complexity index is 150. The average Bonchev–Trinajstić information content (AvgIpc) is 1.83. The highest BCUT2D eigenvalue weighted by Crippen LogP contribution is 2.18. The van der Waals surface area contributed by atoms with Gasteiger partial charge in [-0.2, -0.15) is 13.2 Å². The second-order valence-electron chi connectivity index (χ2n) is 1.40. The first-order valence-corrected chi connectivity index (χ1v) is 2.10. The second kappa shape index (κ2) is 2.76. The maximum absolute atomic E-state index is 11.6. The van der Waals surface area contributed by atoms with Gasteiger partial charge >= 0.3 is 6.18 Å². The summed E-state index contributed by atoms with van der Waals surface area (Å²) in [7, 11) is 0. The lowest BCUT2D eigenvalue weighted by atomic mass is 10.3.